The van der Waals surface area contributed by atoms with Crippen molar-refractivity contribution < 1.29 is 8.42 Å². The van der Waals surface area contributed by atoms with E-state index in [-0.39, 0.29) is 6.04 Å². The van der Waals surface area contributed by atoms with Crippen LogP contribution in [0, 0.1) is 0 Å². The second-order valence-electron chi connectivity index (χ2n) is 5.37. The van der Waals surface area contributed by atoms with E-state index in [2.05, 4.69) is 20.1 Å². The summed E-state index contributed by atoms with van der Waals surface area (Å²) in [6.45, 7) is 1.65. The molecule has 3 rings (SSSR count). The Balaban J connectivity index is 1.87. The normalized spacial score (nSPS) is 20.0. The number of likely N-dealkylation sites (tertiary alicyclic amines) is 1. The van der Waals surface area contributed by atoms with E-state index in [4.69, 9.17) is 0 Å². The van der Waals surface area contributed by atoms with Crippen molar-refractivity contribution >= 4 is 9.84 Å². The predicted octanol–water partition coefficient (Wildman–Crippen LogP) is 1.55. The lowest BCUT2D eigenvalue weighted by atomic mass is 10.1. The summed E-state index contributed by atoms with van der Waals surface area (Å²) in [5.74, 6) is 0. The van der Waals surface area contributed by atoms with Crippen LogP contribution >= 0.6 is 0 Å². The molecule has 0 radical (unpaired) electrons. The van der Waals surface area contributed by atoms with Crippen molar-refractivity contribution in [3.8, 4) is 0 Å². The summed E-state index contributed by atoms with van der Waals surface area (Å²) in [5, 5.41) is 6.81. The monoisotopic (exact) mass is 306 g/mol. The minimum Gasteiger partial charge on any atom is -0.289 e. The van der Waals surface area contributed by atoms with Crippen LogP contribution in [0.4, 0.5) is 0 Å². The molecule has 2 aromatic heterocycles. The van der Waals surface area contributed by atoms with Crippen LogP contribution in [0.2, 0.25) is 0 Å². The number of sulfone groups is 1. The molecule has 1 aliphatic heterocycles. The van der Waals surface area contributed by atoms with Gasteiger partial charge < -0.3 is 0 Å². The van der Waals surface area contributed by atoms with Gasteiger partial charge >= 0.3 is 0 Å². The van der Waals surface area contributed by atoms with Crippen LogP contribution in [0.1, 0.15) is 30.3 Å². The number of aromatic nitrogens is 3. The maximum Gasteiger partial charge on any atom is 0.178 e. The summed E-state index contributed by atoms with van der Waals surface area (Å²) >= 11 is 0. The van der Waals surface area contributed by atoms with Gasteiger partial charge in [0.25, 0.3) is 0 Å². The first kappa shape index (κ1) is 14.2. The zero-order valence-corrected chi connectivity index (χ0v) is 12.7. The van der Waals surface area contributed by atoms with E-state index in [1.54, 1.807) is 6.20 Å². The Hall–Kier alpha value is -1.73. The summed E-state index contributed by atoms with van der Waals surface area (Å²) in [4.78, 5) is 6.90. The van der Waals surface area contributed by atoms with Gasteiger partial charge in [0.1, 0.15) is 4.90 Å². The van der Waals surface area contributed by atoms with E-state index in [1.165, 1.54) is 12.5 Å². The molecule has 1 N–H and O–H groups in total. The minimum absolute atomic E-state index is 0.0548. The fraction of sp³-hybridized carbons (Fsp3) is 0.429. The van der Waals surface area contributed by atoms with Crippen LogP contribution in [0.25, 0.3) is 0 Å². The van der Waals surface area contributed by atoms with Gasteiger partial charge in [0, 0.05) is 19.0 Å². The van der Waals surface area contributed by atoms with Crippen LogP contribution in [-0.4, -0.2) is 41.3 Å². The highest BCUT2D eigenvalue weighted by atomic mass is 32.2. The topological polar surface area (TPSA) is 79.0 Å². The molecule has 0 bridgehead atoms. The fourth-order valence-electron chi connectivity index (χ4n) is 2.86. The molecule has 0 aromatic carbocycles. The molecule has 1 atom stereocenters. The predicted molar refractivity (Wildman–Crippen MR) is 78.3 cm³/mol. The summed E-state index contributed by atoms with van der Waals surface area (Å²) < 4.78 is 23.7. The average Bonchev–Trinajstić information content (AvgIpc) is 3.07. The van der Waals surface area contributed by atoms with Gasteiger partial charge in [-0.3, -0.25) is 15.0 Å². The SMILES string of the molecule is CS(=O)(=O)c1cn[nH]c1[C@@H]1CCCN1Cc1ccccn1. The maximum atomic E-state index is 11.8. The molecule has 1 saturated heterocycles. The molecule has 7 heteroatoms. The summed E-state index contributed by atoms with van der Waals surface area (Å²) in [6, 6.07) is 5.90. The number of pyridine rings is 1. The first-order valence-corrected chi connectivity index (χ1v) is 8.82. The number of nitrogens with zero attached hydrogens (tertiary/aromatic N) is 3. The van der Waals surface area contributed by atoms with Gasteiger partial charge in [0.15, 0.2) is 9.84 Å². The molecule has 0 unspecified atom stereocenters. The highest BCUT2D eigenvalue weighted by Crippen LogP contribution is 2.34. The number of hydrogen-bond donors (Lipinski definition) is 1. The molecule has 1 fully saturated rings. The van der Waals surface area contributed by atoms with Crippen molar-refractivity contribution in [1.82, 2.24) is 20.1 Å². The minimum atomic E-state index is -3.26. The Labute approximate surface area is 124 Å². The second kappa shape index (κ2) is 5.57. The van der Waals surface area contributed by atoms with Crippen molar-refractivity contribution in [1.29, 1.82) is 0 Å². The van der Waals surface area contributed by atoms with Crippen molar-refractivity contribution in [2.75, 3.05) is 12.8 Å². The van der Waals surface area contributed by atoms with Gasteiger partial charge in [-0.25, -0.2) is 8.42 Å². The third-order valence-electron chi connectivity index (χ3n) is 3.82. The molecule has 6 nitrogen and oxygen atoms in total. The van der Waals surface area contributed by atoms with Gasteiger partial charge in [0.2, 0.25) is 0 Å². The van der Waals surface area contributed by atoms with Crippen LogP contribution in [0.3, 0.4) is 0 Å². The Morgan fingerprint density at radius 2 is 2.29 bits per heavy atom. The molecule has 3 heterocycles. The highest BCUT2D eigenvalue weighted by Gasteiger charge is 2.31. The fourth-order valence-corrected chi connectivity index (χ4v) is 3.69. The quantitative estimate of drug-likeness (QED) is 0.927. The summed E-state index contributed by atoms with van der Waals surface area (Å²) in [7, 11) is -3.26. The third kappa shape index (κ3) is 2.98. The van der Waals surface area contributed by atoms with E-state index in [1.807, 2.05) is 18.2 Å². The largest absolute Gasteiger partial charge is 0.289 e. The lowest BCUT2D eigenvalue weighted by Gasteiger charge is -2.23. The van der Waals surface area contributed by atoms with Crippen LogP contribution in [0.5, 0.6) is 0 Å². The summed E-state index contributed by atoms with van der Waals surface area (Å²) in [6.07, 6.45) is 6.37. The van der Waals surface area contributed by atoms with E-state index >= 15 is 0 Å². The molecule has 0 saturated carbocycles. The number of H-pyrrole nitrogens is 1. The van der Waals surface area contributed by atoms with Gasteiger partial charge in [-0.1, -0.05) is 6.07 Å². The molecular weight excluding hydrogens is 288 g/mol. The standard InChI is InChI=1S/C14H18N4O2S/c1-21(19,20)13-9-16-17-14(13)12-6-4-8-18(12)10-11-5-2-3-7-15-11/h2-3,5,7,9,12H,4,6,8,10H2,1H3,(H,16,17)/t12-/m0/s1. The Kier molecular flexibility index (Phi) is 3.77. The molecule has 112 valence electrons. The van der Waals surface area contributed by atoms with Crippen molar-refractivity contribution in [2.24, 2.45) is 0 Å². The van der Waals surface area contributed by atoms with Gasteiger partial charge in [0.05, 0.1) is 23.6 Å². The molecule has 0 aliphatic carbocycles. The lowest BCUT2D eigenvalue weighted by Crippen LogP contribution is -2.24. The van der Waals surface area contributed by atoms with E-state index in [0.29, 0.717) is 17.1 Å². The molecule has 0 amide bonds. The number of aromatic amines is 1. The first-order chi connectivity index (χ1) is 10.1. The lowest BCUT2D eigenvalue weighted by molar-refractivity contribution is 0.239. The van der Waals surface area contributed by atoms with Crippen LogP contribution in [0.15, 0.2) is 35.5 Å². The van der Waals surface area contributed by atoms with E-state index in [0.717, 1.165) is 25.1 Å². The number of rotatable bonds is 4. The van der Waals surface area contributed by atoms with Gasteiger partial charge in [-0.15, -0.1) is 0 Å². The van der Waals surface area contributed by atoms with Gasteiger partial charge in [-0.05, 0) is 31.5 Å². The first-order valence-electron chi connectivity index (χ1n) is 6.93. The third-order valence-corrected chi connectivity index (χ3v) is 4.94. The van der Waals surface area contributed by atoms with Crippen molar-refractivity contribution in [3.05, 3.63) is 42.0 Å². The zero-order valence-electron chi connectivity index (χ0n) is 11.9. The highest BCUT2D eigenvalue weighted by molar-refractivity contribution is 7.90. The maximum absolute atomic E-state index is 11.8. The van der Waals surface area contributed by atoms with E-state index < -0.39 is 9.84 Å². The Morgan fingerprint density at radius 1 is 1.43 bits per heavy atom. The Morgan fingerprint density at radius 3 is 3.00 bits per heavy atom. The Bertz CT molecular complexity index is 712. The summed E-state index contributed by atoms with van der Waals surface area (Å²) in [5.41, 5.74) is 1.69. The van der Waals surface area contributed by atoms with Crippen LogP contribution < -0.4 is 0 Å². The molecule has 1 aliphatic rings. The van der Waals surface area contributed by atoms with E-state index in [9.17, 15) is 8.42 Å². The average molecular weight is 306 g/mol. The van der Waals surface area contributed by atoms with Crippen LogP contribution in [-0.2, 0) is 16.4 Å². The van der Waals surface area contributed by atoms with Gasteiger partial charge in [-0.2, -0.15) is 5.10 Å². The molecule has 2 aromatic rings. The smallest absolute Gasteiger partial charge is 0.178 e. The molecule has 21 heavy (non-hydrogen) atoms. The molecule has 0 spiro atoms. The second-order valence-corrected chi connectivity index (χ2v) is 7.35. The van der Waals surface area contributed by atoms with Crippen molar-refractivity contribution in [3.63, 3.8) is 0 Å². The number of nitrogens with one attached hydrogen (secondary N) is 1. The van der Waals surface area contributed by atoms with Crippen molar-refractivity contribution in [2.45, 2.75) is 30.3 Å². The zero-order chi connectivity index (χ0) is 14.9. The molecular formula is C14H18N4O2S. The number of hydrogen-bond acceptors (Lipinski definition) is 5.